The van der Waals surface area contributed by atoms with Gasteiger partial charge in [0.25, 0.3) is 5.91 Å². The molecule has 1 amide bonds. The number of pyridine rings is 1. The number of carbonyl (C=O) groups excluding carboxylic acids is 1. The number of nitrogens with zero attached hydrogens (tertiary/aromatic N) is 2. The van der Waals surface area contributed by atoms with Crippen LogP contribution >= 0.6 is 0 Å². The first kappa shape index (κ1) is 15.0. The summed E-state index contributed by atoms with van der Waals surface area (Å²) in [4.78, 5) is 16.6. The number of nitrogens with two attached hydrogens (primary N) is 2. The number of hydrogen-bond acceptors (Lipinski definition) is 4. The highest BCUT2D eigenvalue weighted by Crippen LogP contribution is 2.34. The number of phenolic OH excluding ortho intramolecular Hbond substituents is 1. The first-order valence-electron chi connectivity index (χ1n) is 7.77. The SMILES string of the molecule is Cc1ccc(O)cc1-n1c(N)c(C(N)=O)c2nc3ccccc3cc21. The van der Waals surface area contributed by atoms with Crippen LogP contribution in [0.4, 0.5) is 5.82 Å². The van der Waals surface area contributed by atoms with Crippen LogP contribution < -0.4 is 11.5 Å². The van der Waals surface area contributed by atoms with E-state index < -0.39 is 5.91 Å². The third-order valence-corrected chi connectivity index (χ3v) is 4.36. The number of nitrogen functional groups attached to an aromatic ring is 1. The van der Waals surface area contributed by atoms with Crippen LogP contribution in [0.5, 0.6) is 5.75 Å². The Balaban J connectivity index is 2.20. The van der Waals surface area contributed by atoms with Crippen LogP contribution in [0.1, 0.15) is 15.9 Å². The molecule has 0 unspecified atom stereocenters. The number of benzene rings is 2. The third-order valence-electron chi connectivity index (χ3n) is 4.36. The zero-order valence-corrected chi connectivity index (χ0v) is 13.5. The highest BCUT2D eigenvalue weighted by Gasteiger charge is 2.22. The molecule has 0 saturated carbocycles. The molecule has 0 spiro atoms. The van der Waals surface area contributed by atoms with Gasteiger partial charge in [-0.25, -0.2) is 4.98 Å². The van der Waals surface area contributed by atoms with Crippen molar-refractivity contribution in [3.8, 4) is 11.4 Å². The highest BCUT2D eigenvalue weighted by atomic mass is 16.3. The van der Waals surface area contributed by atoms with Gasteiger partial charge in [-0.1, -0.05) is 24.3 Å². The molecule has 0 aliphatic heterocycles. The maximum Gasteiger partial charge on any atom is 0.254 e. The Labute approximate surface area is 143 Å². The van der Waals surface area contributed by atoms with Crippen molar-refractivity contribution in [1.82, 2.24) is 9.55 Å². The van der Waals surface area contributed by atoms with Gasteiger partial charge in [-0.3, -0.25) is 9.36 Å². The molecule has 25 heavy (non-hydrogen) atoms. The molecule has 2 aromatic carbocycles. The predicted octanol–water partition coefficient (Wildman–Crippen LogP) is 2.87. The van der Waals surface area contributed by atoms with Crippen molar-refractivity contribution < 1.29 is 9.90 Å². The minimum atomic E-state index is -0.637. The van der Waals surface area contributed by atoms with Gasteiger partial charge in [0.15, 0.2) is 0 Å². The summed E-state index contributed by atoms with van der Waals surface area (Å²) < 4.78 is 1.71. The van der Waals surface area contributed by atoms with Crippen molar-refractivity contribution in [2.24, 2.45) is 5.73 Å². The van der Waals surface area contributed by atoms with E-state index in [1.54, 1.807) is 22.8 Å². The van der Waals surface area contributed by atoms with Crippen LogP contribution in [-0.4, -0.2) is 20.6 Å². The number of rotatable bonds is 2. The van der Waals surface area contributed by atoms with Crippen LogP contribution in [0, 0.1) is 6.92 Å². The topological polar surface area (TPSA) is 107 Å². The summed E-state index contributed by atoms with van der Waals surface area (Å²) in [5.74, 6) is -0.322. The van der Waals surface area contributed by atoms with E-state index in [2.05, 4.69) is 4.98 Å². The minimum Gasteiger partial charge on any atom is -0.508 e. The van der Waals surface area contributed by atoms with Crippen molar-refractivity contribution >= 4 is 33.7 Å². The fourth-order valence-electron chi connectivity index (χ4n) is 3.16. The molecule has 0 saturated heterocycles. The van der Waals surface area contributed by atoms with E-state index in [-0.39, 0.29) is 17.1 Å². The largest absolute Gasteiger partial charge is 0.508 e. The second-order valence-electron chi connectivity index (χ2n) is 5.98. The van der Waals surface area contributed by atoms with Crippen LogP contribution in [0.2, 0.25) is 0 Å². The molecular formula is C19H16N4O2. The molecule has 124 valence electrons. The van der Waals surface area contributed by atoms with E-state index in [0.717, 1.165) is 16.5 Å². The molecule has 5 N–H and O–H groups in total. The summed E-state index contributed by atoms with van der Waals surface area (Å²) in [5, 5.41) is 10.8. The lowest BCUT2D eigenvalue weighted by molar-refractivity contribution is 0.100. The van der Waals surface area contributed by atoms with E-state index in [1.807, 2.05) is 37.3 Å². The van der Waals surface area contributed by atoms with Gasteiger partial charge in [0.1, 0.15) is 22.6 Å². The number of carbonyl (C=O) groups is 1. The number of amides is 1. The predicted molar refractivity (Wildman–Crippen MR) is 97.9 cm³/mol. The monoisotopic (exact) mass is 332 g/mol. The first-order chi connectivity index (χ1) is 12.0. The molecule has 0 aliphatic carbocycles. The fraction of sp³-hybridized carbons (Fsp3) is 0.0526. The van der Waals surface area contributed by atoms with Crippen molar-refractivity contribution in [1.29, 1.82) is 0 Å². The Morgan fingerprint density at radius 3 is 2.68 bits per heavy atom. The molecule has 0 fully saturated rings. The number of hydrogen-bond donors (Lipinski definition) is 3. The smallest absolute Gasteiger partial charge is 0.254 e. The molecule has 4 aromatic rings. The van der Waals surface area contributed by atoms with Gasteiger partial charge >= 0.3 is 0 Å². The number of fused-ring (bicyclic) bond motifs is 2. The fourth-order valence-corrected chi connectivity index (χ4v) is 3.16. The van der Waals surface area contributed by atoms with Gasteiger partial charge in [0.05, 0.1) is 16.7 Å². The zero-order chi connectivity index (χ0) is 17.7. The maximum absolute atomic E-state index is 12.0. The number of aromatic hydroxyl groups is 1. The number of phenols is 1. The van der Waals surface area contributed by atoms with Gasteiger partial charge in [-0.05, 0) is 30.7 Å². The highest BCUT2D eigenvalue weighted by molar-refractivity contribution is 6.12. The molecular weight excluding hydrogens is 316 g/mol. The number of aromatic nitrogens is 2. The lowest BCUT2D eigenvalue weighted by atomic mass is 10.1. The van der Waals surface area contributed by atoms with E-state index in [1.165, 1.54) is 0 Å². The summed E-state index contributed by atoms with van der Waals surface area (Å²) in [6, 6.07) is 14.5. The van der Waals surface area contributed by atoms with Crippen LogP contribution in [0.3, 0.4) is 0 Å². The molecule has 0 atom stereocenters. The molecule has 2 aromatic heterocycles. The summed E-state index contributed by atoms with van der Waals surface area (Å²) >= 11 is 0. The molecule has 0 radical (unpaired) electrons. The van der Waals surface area contributed by atoms with E-state index in [0.29, 0.717) is 16.7 Å². The average molecular weight is 332 g/mol. The summed E-state index contributed by atoms with van der Waals surface area (Å²) in [5.41, 5.74) is 15.5. The van der Waals surface area contributed by atoms with Gasteiger partial charge in [0.2, 0.25) is 0 Å². The van der Waals surface area contributed by atoms with Gasteiger partial charge in [0, 0.05) is 11.5 Å². The first-order valence-corrected chi connectivity index (χ1v) is 7.77. The molecule has 6 heteroatoms. The minimum absolute atomic E-state index is 0.108. The van der Waals surface area contributed by atoms with Crippen molar-refractivity contribution in [3.63, 3.8) is 0 Å². The average Bonchev–Trinajstić information content (AvgIpc) is 2.86. The standard InChI is InChI=1S/C19H16N4O2/c1-10-6-7-12(24)9-14(10)23-15-8-11-4-2-3-5-13(11)22-17(15)16(18(23)20)19(21)25/h2-9,24H,20H2,1H3,(H2,21,25). The lowest BCUT2D eigenvalue weighted by Crippen LogP contribution is -2.14. The lowest BCUT2D eigenvalue weighted by Gasteiger charge is -2.12. The van der Waals surface area contributed by atoms with Gasteiger partial charge in [-0.2, -0.15) is 0 Å². The Bertz CT molecular complexity index is 1160. The quantitative estimate of drug-likeness (QED) is 0.524. The third kappa shape index (κ3) is 2.19. The second-order valence-corrected chi connectivity index (χ2v) is 5.98. The zero-order valence-electron chi connectivity index (χ0n) is 13.5. The molecule has 2 heterocycles. The Morgan fingerprint density at radius 1 is 1.16 bits per heavy atom. The molecule has 6 nitrogen and oxygen atoms in total. The number of para-hydroxylation sites is 1. The van der Waals surface area contributed by atoms with Crippen LogP contribution in [0.25, 0.3) is 27.6 Å². The van der Waals surface area contributed by atoms with Gasteiger partial charge < -0.3 is 16.6 Å². The van der Waals surface area contributed by atoms with Crippen molar-refractivity contribution in [2.45, 2.75) is 6.92 Å². The Morgan fingerprint density at radius 2 is 1.92 bits per heavy atom. The summed E-state index contributed by atoms with van der Waals surface area (Å²) in [6.07, 6.45) is 0. The number of primary amides is 1. The number of anilines is 1. The van der Waals surface area contributed by atoms with E-state index >= 15 is 0 Å². The van der Waals surface area contributed by atoms with E-state index in [9.17, 15) is 9.90 Å². The number of aryl methyl sites for hydroxylation is 1. The van der Waals surface area contributed by atoms with Gasteiger partial charge in [-0.15, -0.1) is 0 Å². The van der Waals surface area contributed by atoms with Crippen molar-refractivity contribution in [3.05, 3.63) is 59.7 Å². The molecule has 0 aliphatic rings. The van der Waals surface area contributed by atoms with Crippen molar-refractivity contribution in [2.75, 3.05) is 5.73 Å². The molecule has 0 bridgehead atoms. The summed E-state index contributed by atoms with van der Waals surface area (Å²) in [6.45, 7) is 1.90. The van der Waals surface area contributed by atoms with Crippen LogP contribution in [-0.2, 0) is 0 Å². The Hall–Kier alpha value is -3.54. The molecule has 4 rings (SSSR count). The normalized spacial score (nSPS) is 11.2. The van der Waals surface area contributed by atoms with Crippen LogP contribution in [0.15, 0.2) is 48.5 Å². The Kier molecular flexibility index (Phi) is 3.15. The second kappa shape index (κ2) is 5.24. The maximum atomic E-state index is 12.0. The summed E-state index contributed by atoms with van der Waals surface area (Å²) in [7, 11) is 0. The van der Waals surface area contributed by atoms with E-state index in [4.69, 9.17) is 11.5 Å².